The van der Waals surface area contributed by atoms with E-state index in [0.717, 1.165) is 12.8 Å². The fraction of sp³-hybridized carbons (Fsp3) is 0.611. The third kappa shape index (κ3) is 6.38. The first-order valence-corrected chi connectivity index (χ1v) is 8.26. The zero-order chi connectivity index (χ0) is 17.1. The monoisotopic (exact) mass is 323 g/mol. The van der Waals surface area contributed by atoms with Crippen LogP contribution in [0.25, 0.3) is 0 Å². The average molecular weight is 323 g/mol. The number of hydrogen-bond acceptors (Lipinski definition) is 4. The molecule has 1 rings (SSSR count). The summed E-state index contributed by atoms with van der Waals surface area (Å²) in [6.07, 6.45) is 7.51. The van der Waals surface area contributed by atoms with Gasteiger partial charge < -0.3 is 19.5 Å². The molecule has 130 valence electrons. The Kier molecular flexibility index (Phi) is 8.95. The minimum atomic E-state index is 0.00904. The van der Waals surface area contributed by atoms with E-state index >= 15 is 0 Å². The smallest absolute Gasteiger partial charge is 0.224 e. The van der Waals surface area contributed by atoms with E-state index in [1.807, 2.05) is 0 Å². The van der Waals surface area contributed by atoms with Crippen molar-refractivity contribution >= 4 is 11.6 Å². The van der Waals surface area contributed by atoms with Gasteiger partial charge in [-0.05, 0) is 6.42 Å². The van der Waals surface area contributed by atoms with Crippen LogP contribution in [0.15, 0.2) is 12.1 Å². The number of rotatable bonds is 11. The summed E-state index contributed by atoms with van der Waals surface area (Å²) in [6.45, 7) is 2.20. The summed E-state index contributed by atoms with van der Waals surface area (Å²) in [5.41, 5.74) is 0.649. The predicted molar refractivity (Wildman–Crippen MR) is 92.7 cm³/mol. The van der Waals surface area contributed by atoms with Crippen LogP contribution < -0.4 is 19.5 Å². The van der Waals surface area contributed by atoms with Crippen LogP contribution in [-0.4, -0.2) is 27.2 Å². The summed E-state index contributed by atoms with van der Waals surface area (Å²) in [7, 11) is 4.66. The molecule has 0 spiro atoms. The fourth-order valence-electron chi connectivity index (χ4n) is 2.44. The maximum absolute atomic E-state index is 12.0. The van der Waals surface area contributed by atoms with Crippen LogP contribution in [0.5, 0.6) is 17.2 Å². The second-order valence-electron chi connectivity index (χ2n) is 5.48. The first-order valence-electron chi connectivity index (χ1n) is 8.26. The molecule has 1 amide bonds. The molecule has 0 aliphatic heterocycles. The number of nitrogens with one attached hydrogen (secondary N) is 1. The number of amides is 1. The molecule has 23 heavy (non-hydrogen) atoms. The van der Waals surface area contributed by atoms with E-state index in [4.69, 9.17) is 14.2 Å². The molecule has 0 fully saturated rings. The Morgan fingerprint density at radius 2 is 1.48 bits per heavy atom. The highest BCUT2D eigenvalue weighted by Gasteiger charge is 2.14. The first-order chi connectivity index (χ1) is 11.2. The van der Waals surface area contributed by atoms with Gasteiger partial charge in [0.1, 0.15) is 0 Å². The van der Waals surface area contributed by atoms with E-state index in [2.05, 4.69) is 12.2 Å². The Morgan fingerprint density at radius 3 is 2.00 bits per heavy atom. The zero-order valence-corrected chi connectivity index (χ0v) is 14.7. The van der Waals surface area contributed by atoms with Crippen LogP contribution >= 0.6 is 0 Å². The lowest BCUT2D eigenvalue weighted by Crippen LogP contribution is -2.11. The number of carbonyl (C=O) groups excluding carboxylic acids is 1. The van der Waals surface area contributed by atoms with E-state index in [1.165, 1.54) is 25.7 Å². The van der Waals surface area contributed by atoms with Crippen molar-refractivity contribution in [1.29, 1.82) is 0 Å². The zero-order valence-electron chi connectivity index (χ0n) is 14.7. The number of methoxy groups -OCH3 is 3. The van der Waals surface area contributed by atoms with Crippen molar-refractivity contribution in [3.05, 3.63) is 12.1 Å². The van der Waals surface area contributed by atoms with Crippen molar-refractivity contribution < 1.29 is 19.0 Å². The maximum Gasteiger partial charge on any atom is 0.224 e. The van der Waals surface area contributed by atoms with Gasteiger partial charge in [-0.25, -0.2) is 0 Å². The summed E-state index contributed by atoms with van der Waals surface area (Å²) in [4.78, 5) is 12.0. The summed E-state index contributed by atoms with van der Waals surface area (Å²) >= 11 is 0. The number of unbranched alkanes of at least 4 members (excludes halogenated alkanes) is 5. The number of benzene rings is 1. The highest BCUT2D eigenvalue weighted by atomic mass is 16.5. The molecule has 0 heterocycles. The standard InChI is InChI=1S/C18H29NO4/c1-5-6-7-8-9-10-11-17(20)19-14-12-15(21-2)18(23-4)16(13-14)22-3/h12-13H,5-11H2,1-4H3,(H,19,20). The Hall–Kier alpha value is -1.91. The van der Waals surface area contributed by atoms with Crippen LogP contribution in [0, 0.1) is 0 Å². The molecule has 0 unspecified atom stereocenters. The van der Waals surface area contributed by atoms with E-state index in [1.54, 1.807) is 33.5 Å². The van der Waals surface area contributed by atoms with Gasteiger partial charge in [-0.15, -0.1) is 0 Å². The average Bonchev–Trinajstić information content (AvgIpc) is 2.56. The number of ether oxygens (including phenoxy) is 3. The minimum Gasteiger partial charge on any atom is -0.493 e. The van der Waals surface area contributed by atoms with Gasteiger partial charge in [0.25, 0.3) is 0 Å². The van der Waals surface area contributed by atoms with Crippen molar-refractivity contribution in [1.82, 2.24) is 0 Å². The fourth-order valence-corrected chi connectivity index (χ4v) is 2.44. The second-order valence-corrected chi connectivity index (χ2v) is 5.48. The molecular formula is C18H29NO4. The Morgan fingerprint density at radius 1 is 0.913 bits per heavy atom. The molecule has 5 heteroatoms. The number of hydrogen-bond donors (Lipinski definition) is 1. The molecule has 0 aromatic heterocycles. The van der Waals surface area contributed by atoms with Gasteiger partial charge in [0, 0.05) is 24.2 Å². The molecule has 0 aliphatic rings. The van der Waals surface area contributed by atoms with Crippen molar-refractivity contribution in [3.63, 3.8) is 0 Å². The van der Waals surface area contributed by atoms with E-state index in [9.17, 15) is 4.79 Å². The van der Waals surface area contributed by atoms with Crippen molar-refractivity contribution in [2.75, 3.05) is 26.6 Å². The van der Waals surface area contributed by atoms with Gasteiger partial charge in [-0.1, -0.05) is 39.0 Å². The van der Waals surface area contributed by atoms with Crippen molar-refractivity contribution in [3.8, 4) is 17.2 Å². The molecule has 0 saturated carbocycles. The predicted octanol–water partition coefficient (Wildman–Crippen LogP) is 4.40. The van der Waals surface area contributed by atoms with E-state index in [-0.39, 0.29) is 5.91 Å². The third-order valence-corrected chi connectivity index (χ3v) is 3.71. The lowest BCUT2D eigenvalue weighted by Gasteiger charge is -2.14. The summed E-state index contributed by atoms with van der Waals surface area (Å²) in [5, 5.41) is 2.89. The van der Waals surface area contributed by atoms with Gasteiger partial charge in [0.15, 0.2) is 11.5 Å². The largest absolute Gasteiger partial charge is 0.493 e. The highest BCUT2D eigenvalue weighted by molar-refractivity contribution is 5.91. The SMILES string of the molecule is CCCCCCCCC(=O)Nc1cc(OC)c(OC)c(OC)c1. The Balaban J connectivity index is 2.54. The van der Waals surface area contributed by atoms with Crippen LogP contribution in [0.4, 0.5) is 5.69 Å². The molecule has 0 atom stereocenters. The van der Waals surface area contributed by atoms with E-state index < -0.39 is 0 Å². The second kappa shape index (κ2) is 10.8. The Bertz CT molecular complexity index is 463. The summed E-state index contributed by atoms with van der Waals surface area (Å²) in [6, 6.07) is 3.47. The number of anilines is 1. The number of carbonyl (C=O) groups is 1. The Labute approximate surface area is 139 Å². The maximum atomic E-state index is 12.0. The van der Waals surface area contributed by atoms with Crippen LogP contribution in [0.1, 0.15) is 51.9 Å². The highest BCUT2D eigenvalue weighted by Crippen LogP contribution is 2.39. The summed E-state index contributed by atoms with van der Waals surface area (Å²) < 4.78 is 15.8. The van der Waals surface area contributed by atoms with Crippen LogP contribution in [0.3, 0.4) is 0 Å². The third-order valence-electron chi connectivity index (χ3n) is 3.71. The van der Waals surface area contributed by atoms with Gasteiger partial charge in [-0.2, -0.15) is 0 Å². The van der Waals surface area contributed by atoms with Gasteiger partial charge >= 0.3 is 0 Å². The van der Waals surface area contributed by atoms with Crippen LogP contribution in [0.2, 0.25) is 0 Å². The molecule has 1 N–H and O–H groups in total. The molecule has 5 nitrogen and oxygen atoms in total. The van der Waals surface area contributed by atoms with E-state index in [0.29, 0.717) is 29.4 Å². The van der Waals surface area contributed by atoms with Crippen LogP contribution in [-0.2, 0) is 4.79 Å². The van der Waals surface area contributed by atoms with Crippen molar-refractivity contribution in [2.45, 2.75) is 51.9 Å². The normalized spacial score (nSPS) is 10.3. The molecule has 1 aromatic carbocycles. The lowest BCUT2D eigenvalue weighted by atomic mass is 10.1. The topological polar surface area (TPSA) is 56.8 Å². The molecule has 0 aliphatic carbocycles. The quantitative estimate of drug-likeness (QED) is 0.613. The van der Waals surface area contributed by atoms with Gasteiger partial charge in [-0.3, -0.25) is 4.79 Å². The first kappa shape index (κ1) is 19.1. The molecule has 0 saturated heterocycles. The van der Waals surface area contributed by atoms with Gasteiger partial charge in [0.05, 0.1) is 21.3 Å². The molecular weight excluding hydrogens is 294 g/mol. The molecule has 0 bridgehead atoms. The minimum absolute atomic E-state index is 0.00904. The molecule has 1 aromatic rings. The van der Waals surface area contributed by atoms with Crippen molar-refractivity contribution in [2.24, 2.45) is 0 Å². The molecule has 0 radical (unpaired) electrons. The lowest BCUT2D eigenvalue weighted by molar-refractivity contribution is -0.116. The summed E-state index contributed by atoms with van der Waals surface area (Å²) in [5.74, 6) is 1.59. The van der Waals surface area contributed by atoms with Gasteiger partial charge in [0.2, 0.25) is 11.7 Å².